The summed E-state index contributed by atoms with van der Waals surface area (Å²) in [6.07, 6.45) is 2.51. The van der Waals surface area contributed by atoms with E-state index in [1.54, 1.807) is 20.8 Å². The molecule has 10 heteroatoms. The quantitative estimate of drug-likeness (QED) is 0.242. The van der Waals surface area contributed by atoms with E-state index in [4.69, 9.17) is 4.74 Å². The molecular weight excluding hydrogens is 424 g/mol. The van der Waals surface area contributed by atoms with Crippen LogP contribution >= 0.6 is 0 Å². The third kappa shape index (κ3) is 10.5. The standard InChI is InChI=1S/C23H40N6O4/c1-7-12-24-19-17(16(30)11-10-15-27-22(32)33-23(4,5)6)28-20(25-13-8-2)18(29-19)21(31)26-14-9-3/h7-15H2,1-6H3,(H,24,29)(H,25,28)(H,26,31)(H,27,32). The number of nitrogens with zero attached hydrogens (tertiary/aromatic N) is 2. The van der Waals surface area contributed by atoms with Crippen molar-refractivity contribution in [3.8, 4) is 0 Å². The van der Waals surface area contributed by atoms with Crippen molar-refractivity contribution in [1.82, 2.24) is 20.6 Å². The maximum atomic E-state index is 13.0. The summed E-state index contributed by atoms with van der Waals surface area (Å²) in [5.74, 6) is 0.0450. The van der Waals surface area contributed by atoms with E-state index in [1.807, 2.05) is 20.8 Å². The van der Waals surface area contributed by atoms with Crippen LogP contribution in [0.3, 0.4) is 0 Å². The number of carbonyl (C=O) groups is 3. The molecule has 33 heavy (non-hydrogen) atoms. The summed E-state index contributed by atoms with van der Waals surface area (Å²) in [5, 5.41) is 11.7. The van der Waals surface area contributed by atoms with Crippen molar-refractivity contribution in [1.29, 1.82) is 0 Å². The fraction of sp³-hybridized carbons (Fsp3) is 0.696. The number of hydrogen-bond donors (Lipinski definition) is 4. The summed E-state index contributed by atoms with van der Waals surface area (Å²) in [4.78, 5) is 46.4. The van der Waals surface area contributed by atoms with Crippen molar-refractivity contribution in [2.45, 2.75) is 79.2 Å². The molecule has 1 heterocycles. The number of Topliss-reactive ketones (excluding diaryl/α,β-unsaturated/α-hetero) is 1. The van der Waals surface area contributed by atoms with Crippen LogP contribution in [0, 0.1) is 0 Å². The Bertz CT molecular complexity index is 792. The van der Waals surface area contributed by atoms with Crippen LogP contribution in [0.15, 0.2) is 0 Å². The van der Waals surface area contributed by atoms with Gasteiger partial charge in [-0.15, -0.1) is 0 Å². The summed E-state index contributed by atoms with van der Waals surface area (Å²) < 4.78 is 5.20. The second kappa shape index (κ2) is 14.3. The van der Waals surface area contributed by atoms with Crippen LogP contribution in [0.2, 0.25) is 0 Å². The molecule has 2 amide bonds. The van der Waals surface area contributed by atoms with E-state index in [1.165, 1.54) is 0 Å². The zero-order chi connectivity index (χ0) is 24.9. The smallest absolute Gasteiger partial charge is 0.407 e. The first-order chi connectivity index (χ1) is 15.6. The van der Waals surface area contributed by atoms with E-state index in [2.05, 4.69) is 31.2 Å². The Kier molecular flexibility index (Phi) is 12.2. The minimum atomic E-state index is -0.581. The molecule has 0 unspecified atom stereocenters. The van der Waals surface area contributed by atoms with Gasteiger partial charge in [-0.1, -0.05) is 20.8 Å². The van der Waals surface area contributed by atoms with Crippen molar-refractivity contribution in [2.24, 2.45) is 0 Å². The second-order valence-corrected chi connectivity index (χ2v) is 8.68. The van der Waals surface area contributed by atoms with Crippen molar-refractivity contribution >= 4 is 29.4 Å². The van der Waals surface area contributed by atoms with Gasteiger partial charge >= 0.3 is 6.09 Å². The molecule has 0 aliphatic rings. The minimum Gasteiger partial charge on any atom is -0.444 e. The number of hydrogen-bond acceptors (Lipinski definition) is 8. The number of aromatic nitrogens is 2. The number of alkyl carbamates (subject to hydrolysis) is 1. The predicted octanol–water partition coefficient (Wildman–Crippen LogP) is 3.75. The summed E-state index contributed by atoms with van der Waals surface area (Å²) in [6.45, 7) is 13.3. The average Bonchev–Trinajstić information content (AvgIpc) is 2.75. The first-order valence-corrected chi connectivity index (χ1v) is 11.8. The molecular formula is C23H40N6O4. The Balaban J connectivity index is 3.01. The van der Waals surface area contributed by atoms with Crippen LogP contribution in [0.1, 0.15) is 94.6 Å². The largest absolute Gasteiger partial charge is 0.444 e. The van der Waals surface area contributed by atoms with Crippen molar-refractivity contribution < 1.29 is 19.1 Å². The van der Waals surface area contributed by atoms with Crippen LogP contribution < -0.4 is 21.3 Å². The highest BCUT2D eigenvalue weighted by molar-refractivity contribution is 6.02. The maximum absolute atomic E-state index is 13.0. The van der Waals surface area contributed by atoms with Gasteiger partial charge in [0.25, 0.3) is 5.91 Å². The molecule has 0 saturated carbocycles. The second-order valence-electron chi connectivity index (χ2n) is 8.68. The molecule has 10 nitrogen and oxygen atoms in total. The van der Waals surface area contributed by atoms with Gasteiger partial charge in [0.1, 0.15) is 5.60 Å². The molecule has 0 aromatic carbocycles. The number of amides is 2. The molecule has 0 aliphatic heterocycles. The topological polar surface area (TPSA) is 134 Å². The lowest BCUT2D eigenvalue weighted by Gasteiger charge is -2.19. The summed E-state index contributed by atoms with van der Waals surface area (Å²) >= 11 is 0. The third-order valence-corrected chi connectivity index (χ3v) is 4.24. The number of nitrogens with one attached hydrogen (secondary N) is 4. The highest BCUT2D eigenvalue weighted by Gasteiger charge is 2.23. The number of anilines is 2. The molecule has 0 radical (unpaired) electrons. The van der Waals surface area contributed by atoms with Crippen LogP contribution in [0.4, 0.5) is 16.4 Å². The molecule has 0 spiro atoms. The Morgan fingerprint density at radius 2 is 1.33 bits per heavy atom. The monoisotopic (exact) mass is 464 g/mol. The third-order valence-electron chi connectivity index (χ3n) is 4.24. The molecule has 0 saturated heterocycles. The Labute approximate surface area is 197 Å². The Morgan fingerprint density at radius 3 is 1.88 bits per heavy atom. The zero-order valence-electron chi connectivity index (χ0n) is 20.9. The summed E-state index contributed by atoms with van der Waals surface area (Å²) in [7, 11) is 0. The fourth-order valence-electron chi connectivity index (χ4n) is 2.72. The molecule has 0 bridgehead atoms. The molecule has 0 fully saturated rings. The average molecular weight is 465 g/mol. The lowest BCUT2D eigenvalue weighted by Crippen LogP contribution is -2.33. The zero-order valence-corrected chi connectivity index (χ0v) is 20.9. The fourth-order valence-corrected chi connectivity index (χ4v) is 2.72. The van der Waals surface area contributed by atoms with Gasteiger partial charge in [0.2, 0.25) is 0 Å². The van der Waals surface area contributed by atoms with Gasteiger partial charge in [-0.2, -0.15) is 0 Å². The number of ether oxygens (including phenoxy) is 1. The number of carbonyl (C=O) groups excluding carboxylic acids is 3. The minimum absolute atomic E-state index is 0.165. The van der Waals surface area contributed by atoms with Gasteiger partial charge in [0, 0.05) is 32.6 Å². The molecule has 186 valence electrons. The lowest BCUT2D eigenvalue weighted by atomic mass is 10.1. The lowest BCUT2D eigenvalue weighted by molar-refractivity contribution is 0.0525. The van der Waals surface area contributed by atoms with Crippen LogP contribution in [-0.4, -0.2) is 59.5 Å². The van der Waals surface area contributed by atoms with Crippen LogP contribution in [0.25, 0.3) is 0 Å². The van der Waals surface area contributed by atoms with E-state index in [-0.39, 0.29) is 29.5 Å². The van der Waals surface area contributed by atoms with Crippen molar-refractivity contribution in [3.05, 3.63) is 11.4 Å². The number of ketones is 1. The Morgan fingerprint density at radius 1 is 0.788 bits per heavy atom. The van der Waals surface area contributed by atoms with Gasteiger partial charge < -0.3 is 26.0 Å². The SMILES string of the molecule is CCCNC(=O)c1nc(NCCC)c(C(=O)CCCNC(=O)OC(C)(C)C)nc1NCCC. The van der Waals surface area contributed by atoms with Gasteiger partial charge in [-0.05, 0) is 46.5 Å². The number of rotatable bonds is 14. The van der Waals surface area contributed by atoms with E-state index in [0.717, 1.165) is 19.3 Å². The molecule has 4 N–H and O–H groups in total. The summed E-state index contributed by atoms with van der Waals surface area (Å²) in [6, 6.07) is 0. The maximum Gasteiger partial charge on any atom is 0.407 e. The highest BCUT2D eigenvalue weighted by Crippen LogP contribution is 2.20. The van der Waals surface area contributed by atoms with E-state index in [0.29, 0.717) is 44.2 Å². The van der Waals surface area contributed by atoms with E-state index < -0.39 is 11.7 Å². The van der Waals surface area contributed by atoms with E-state index in [9.17, 15) is 14.4 Å². The first-order valence-electron chi connectivity index (χ1n) is 11.8. The normalized spacial score (nSPS) is 11.0. The molecule has 0 aliphatic carbocycles. The molecule has 1 aromatic heterocycles. The van der Waals surface area contributed by atoms with Crippen molar-refractivity contribution in [3.63, 3.8) is 0 Å². The predicted molar refractivity (Wildman–Crippen MR) is 130 cm³/mol. The van der Waals surface area contributed by atoms with Crippen molar-refractivity contribution in [2.75, 3.05) is 36.8 Å². The molecule has 1 aromatic rings. The van der Waals surface area contributed by atoms with E-state index >= 15 is 0 Å². The first kappa shape index (κ1) is 28.1. The highest BCUT2D eigenvalue weighted by atomic mass is 16.6. The van der Waals surface area contributed by atoms with Gasteiger partial charge in [0.15, 0.2) is 28.8 Å². The van der Waals surface area contributed by atoms with Crippen LogP contribution in [-0.2, 0) is 4.74 Å². The van der Waals surface area contributed by atoms with Crippen LogP contribution in [0.5, 0.6) is 0 Å². The summed E-state index contributed by atoms with van der Waals surface area (Å²) in [5.41, 5.74) is -0.229. The Hall–Kier alpha value is -2.91. The van der Waals surface area contributed by atoms with Gasteiger partial charge in [-0.25, -0.2) is 14.8 Å². The molecule has 1 rings (SSSR count). The van der Waals surface area contributed by atoms with Gasteiger partial charge in [0.05, 0.1) is 0 Å². The molecule has 0 atom stereocenters. The van der Waals surface area contributed by atoms with Gasteiger partial charge in [-0.3, -0.25) is 9.59 Å².